The molecule has 0 amide bonds. The Balaban J connectivity index is 1.61. The summed E-state index contributed by atoms with van der Waals surface area (Å²) in [6.45, 7) is 6.35. The van der Waals surface area contributed by atoms with Gasteiger partial charge in [-0.3, -0.25) is 4.98 Å². The number of nitrogens with one attached hydrogen (secondary N) is 1. The zero-order chi connectivity index (χ0) is 17.2. The van der Waals surface area contributed by atoms with Crippen LogP contribution in [-0.4, -0.2) is 24.2 Å². The molecule has 0 radical (unpaired) electrons. The Morgan fingerprint density at radius 1 is 0.920 bits per heavy atom. The lowest BCUT2D eigenvalue weighted by atomic mass is 9.95. The number of ether oxygens (including phenoxy) is 1. The van der Waals surface area contributed by atoms with Crippen LogP contribution < -0.4 is 10.1 Å². The molecule has 1 aliphatic rings. The van der Waals surface area contributed by atoms with Crippen molar-refractivity contribution < 1.29 is 4.74 Å². The van der Waals surface area contributed by atoms with Crippen LogP contribution >= 0.6 is 0 Å². The average molecular weight is 332 g/mol. The molecule has 1 aromatic heterocycles. The summed E-state index contributed by atoms with van der Waals surface area (Å²) < 4.78 is 6.11. The molecule has 0 unspecified atom stereocenters. The lowest BCUT2D eigenvalue weighted by Gasteiger charge is -2.24. The van der Waals surface area contributed by atoms with E-state index in [0.29, 0.717) is 6.10 Å². The predicted octanol–water partition coefficient (Wildman–Crippen LogP) is 4.65. The zero-order valence-electron chi connectivity index (χ0n) is 14.9. The third-order valence-electron chi connectivity index (χ3n) is 5.17. The number of hydrogen-bond acceptors (Lipinski definition) is 3. The van der Waals surface area contributed by atoms with Gasteiger partial charge in [0.15, 0.2) is 0 Å². The Kier molecular flexibility index (Phi) is 4.41. The monoisotopic (exact) mass is 332 g/mol. The molecular formula is C22H24N2O. The summed E-state index contributed by atoms with van der Waals surface area (Å²) in [7, 11) is 0. The van der Waals surface area contributed by atoms with Crippen LogP contribution in [0.3, 0.4) is 0 Å². The molecule has 0 bridgehead atoms. The molecule has 0 atom stereocenters. The zero-order valence-corrected chi connectivity index (χ0v) is 14.9. The summed E-state index contributed by atoms with van der Waals surface area (Å²) in [5.41, 5.74) is 4.88. The highest BCUT2D eigenvalue weighted by molar-refractivity contribution is 5.92. The van der Waals surface area contributed by atoms with E-state index in [4.69, 9.17) is 4.74 Å². The van der Waals surface area contributed by atoms with Crippen molar-refractivity contribution in [2.75, 3.05) is 13.1 Å². The number of nitrogens with zero attached hydrogens (tertiary/aromatic N) is 1. The van der Waals surface area contributed by atoms with Gasteiger partial charge in [0.2, 0.25) is 0 Å². The second-order valence-electron chi connectivity index (χ2n) is 6.82. The maximum Gasteiger partial charge on any atom is 0.119 e. The fraction of sp³-hybridized carbons (Fsp3) is 0.318. The minimum Gasteiger partial charge on any atom is -0.490 e. The van der Waals surface area contributed by atoms with E-state index >= 15 is 0 Å². The summed E-state index contributed by atoms with van der Waals surface area (Å²) >= 11 is 0. The van der Waals surface area contributed by atoms with Crippen LogP contribution in [0.15, 0.2) is 48.7 Å². The van der Waals surface area contributed by atoms with Crippen molar-refractivity contribution in [2.24, 2.45) is 0 Å². The number of pyridine rings is 1. The number of aromatic nitrogens is 1. The van der Waals surface area contributed by atoms with Crippen molar-refractivity contribution in [3.8, 4) is 16.9 Å². The van der Waals surface area contributed by atoms with Crippen LogP contribution in [0.25, 0.3) is 21.9 Å². The fourth-order valence-corrected chi connectivity index (χ4v) is 3.68. The second-order valence-corrected chi connectivity index (χ2v) is 6.82. The van der Waals surface area contributed by atoms with Crippen molar-refractivity contribution >= 4 is 10.8 Å². The Morgan fingerprint density at radius 2 is 1.68 bits per heavy atom. The largest absolute Gasteiger partial charge is 0.490 e. The molecule has 1 aliphatic heterocycles. The van der Waals surface area contributed by atoms with Gasteiger partial charge in [0.1, 0.15) is 11.9 Å². The van der Waals surface area contributed by atoms with E-state index < -0.39 is 0 Å². The second kappa shape index (κ2) is 6.85. The molecule has 3 nitrogen and oxygen atoms in total. The van der Waals surface area contributed by atoms with E-state index in [1.807, 2.05) is 6.20 Å². The third-order valence-corrected chi connectivity index (χ3v) is 5.17. The molecule has 25 heavy (non-hydrogen) atoms. The van der Waals surface area contributed by atoms with E-state index in [2.05, 4.69) is 66.6 Å². The van der Waals surface area contributed by atoms with Crippen LogP contribution in [0.5, 0.6) is 5.75 Å². The van der Waals surface area contributed by atoms with E-state index in [0.717, 1.165) is 37.4 Å². The van der Waals surface area contributed by atoms with Crippen molar-refractivity contribution in [1.82, 2.24) is 10.3 Å². The van der Waals surface area contributed by atoms with Gasteiger partial charge in [-0.25, -0.2) is 0 Å². The highest BCUT2D eigenvalue weighted by Gasteiger charge is 2.14. The summed E-state index contributed by atoms with van der Waals surface area (Å²) in [6, 6.07) is 15.0. The van der Waals surface area contributed by atoms with Gasteiger partial charge in [0.05, 0.1) is 0 Å². The first-order valence-electron chi connectivity index (χ1n) is 9.05. The van der Waals surface area contributed by atoms with E-state index in [-0.39, 0.29) is 0 Å². The molecule has 2 aromatic carbocycles. The van der Waals surface area contributed by atoms with Crippen LogP contribution in [0, 0.1) is 13.8 Å². The van der Waals surface area contributed by atoms with Crippen LogP contribution in [0.4, 0.5) is 0 Å². The van der Waals surface area contributed by atoms with Crippen molar-refractivity contribution in [3.63, 3.8) is 0 Å². The Hall–Kier alpha value is -2.39. The molecule has 2 heterocycles. The number of piperidine rings is 1. The van der Waals surface area contributed by atoms with Gasteiger partial charge in [-0.15, -0.1) is 0 Å². The van der Waals surface area contributed by atoms with Crippen LogP contribution in [-0.2, 0) is 0 Å². The number of benzene rings is 2. The summed E-state index contributed by atoms with van der Waals surface area (Å²) in [6.07, 6.45) is 4.40. The number of hydrogen-bond donors (Lipinski definition) is 1. The first-order chi connectivity index (χ1) is 12.2. The van der Waals surface area contributed by atoms with Gasteiger partial charge in [0, 0.05) is 17.3 Å². The Morgan fingerprint density at radius 3 is 2.44 bits per heavy atom. The maximum absolute atomic E-state index is 6.11. The smallest absolute Gasteiger partial charge is 0.119 e. The molecular weight excluding hydrogens is 308 g/mol. The minimum atomic E-state index is 0.338. The van der Waals surface area contributed by atoms with E-state index in [1.165, 1.54) is 27.5 Å². The molecule has 3 heteroatoms. The van der Waals surface area contributed by atoms with Gasteiger partial charge >= 0.3 is 0 Å². The van der Waals surface area contributed by atoms with Gasteiger partial charge in [-0.2, -0.15) is 0 Å². The quantitative estimate of drug-likeness (QED) is 0.758. The van der Waals surface area contributed by atoms with Gasteiger partial charge in [0.25, 0.3) is 0 Å². The summed E-state index contributed by atoms with van der Waals surface area (Å²) in [4.78, 5) is 4.40. The summed E-state index contributed by atoms with van der Waals surface area (Å²) in [5, 5.41) is 5.88. The van der Waals surface area contributed by atoms with E-state index in [1.54, 1.807) is 0 Å². The SMILES string of the molecule is Cc1nccc2c(C)c(-c3ccc(OC4CCNCC4)cc3)ccc12. The highest BCUT2D eigenvalue weighted by Crippen LogP contribution is 2.31. The van der Waals surface area contributed by atoms with Crippen molar-refractivity contribution in [1.29, 1.82) is 0 Å². The average Bonchev–Trinajstić information content (AvgIpc) is 2.65. The van der Waals surface area contributed by atoms with Crippen LogP contribution in [0.2, 0.25) is 0 Å². The Bertz CT molecular complexity index is 880. The molecule has 128 valence electrons. The van der Waals surface area contributed by atoms with Crippen molar-refractivity contribution in [3.05, 3.63) is 59.9 Å². The van der Waals surface area contributed by atoms with Gasteiger partial charge in [-0.1, -0.05) is 24.3 Å². The highest BCUT2D eigenvalue weighted by atomic mass is 16.5. The number of fused-ring (bicyclic) bond motifs is 1. The van der Waals surface area contributed by atoms with Gasteiger partial charge < -0.3 is 10.1 Å². The van der Waals surface area contributed by atoms with Gasteiger partial charge in [-0.05, 0) is 80.1 Å². The lowest BCUT2D eigenvalue weighted by Crippen LogP contribution is -2.34. The Labute approximate surface area is 149 Å². The standard InChI is InChI=1S/C22H24N2O/c1-15-20(7-8-22-16(2)24-14-11-21(15)22)17-3-5-18(6-4-17)25-19-9-12-23-13-10-19/h3-8,11,14,19,23H,9-10,12-13H2,1-2H3. The maximum atomic E-state index is 6.11. The first kappa shape index (κ1) is 16.1. The molecule has 4 rings (SSSR count). The third kappa shape index (κ3) is 3.24. The van der Waals surface area contributed by atoms with Crippen LogP contribution in [0.1, 0.15) is 24.1 Å². The molecule has 0 aliphatic carbocycles. The molecule has 3 aromatic rings. The molecule has 0 saturated carbocycles. The minimum absolute atomic E-state index is 0.338. The predicted molar refractivity (Wildman–Crippen MR) is 103 cm³/mol. The fourth-order valence-electron chi connectivity index (χ4n) is 3.68. The topological polar surface area (TPSA) is 34.1 Å². The normalized spacial score (nSPS) is 15.4. The summed E-state index contributed by atoms with van der Waals surface area (Å²) in [5.74, 6) is 0.967. The van der Waals surface area contributed by atoms with Crippen molar-refractivity contribution in [2.45, 2.75) is 32.8 Å². The number of aryl methyl sites for hydroxylation is 2. The first-order valence-corrected chi connectivity index (χ1v) is 9.05. The lowest BCUT2D eigenvalue weighted by molar-refractivity contribution is 0.162. The molecule has 1 saturated heterocycles. The number of rotatable bonds is 3. The molecule has 1 fully saturated rings. The molecule has 1 N–H and O–H groups in total. The molecule has 0 spiro atoms. The van der Waals surface area contributed by atoms with E-state index in [9.17, 15) is 0 Å².